The lowest BCUT2D eigenvalue weighted by Crippen LogP contribution is -2.55. The molecule has 0 amide bonds. The van der Waals surface area contributed by atoms with Crippen molar-refractivity contribution in [1.82, 2.24) is 9.78 Å². The van der Waals surface area contributed by atoms with Gasteiger partial charge in [-0.05, 0) is 49.4 Å². The van der Waals surface area contributed by atoms with Gasteiger partial charge in [-0.25, -0.2) is 0 Å². The summed E-state index contributed by atoms with van der Waals surface area (Å²) >= 11 is 6.34. The van der Waals surface area contributed by atoms with Crippen LogP contribution in [0.2, 0.25) is 5.02 Å². The van der Waals surface area contributed by atoms with Gasteiger partial charge in [0.15, 0.2) is 0 Å². The molecule has 30 heavy (non-hydrogen) atoms. The van der Waals surface area contributed by atoms with E-state index in [0.29, 0.717) is 22.4 Å². The van der Waals surface area contributed by atoms with Crippen molar-refractivity contribution in [1.29, 1.82) is 0 Å². The summed E-state index contributed by atoms with van der Waals surface area (Å²) in [4.78, 5) is 0. The molecule has 0 bridgehead atoms. The molecule has 1 aromatic carbocycles. The first kappa shape index (κ1) is 21.5. The normalized spacial score (nSPS) is 34.6. The van der Waals surface area contributed by atoms with E-state index in [2.05, 4.69) is 5.10 Å². The van der Waals surface area contributed by atoms with Crippen LogP contribution >= 0.6 is 11.6 Å². The second-order valence-electron chi connectivity index (χ2n) is 7.97. The van der Waals surface area contributed by atoms with Crippen molar-refractivity contribution in [3.8, 4) is 5.75 Å². The van der Waals surface area contributed by atoms with Gasteiger partial charge < -0.3 is 29.9 Å². The van der Waals surface area contributed by atoms with E-state index in [0.717, 1.165) is 25.7 Å². The SMILES string of the molecule is OC[C@H]1O[C@@H](c2ccc(Cl)c(OC3CCC(n4cccn4)CC3)c2)[C@H](O)[C@@H](O)[C@@H]1O. The molecule has 5 atom stereocenters. The molecule has 2 fully saturated rings. The van der Waals surface area contributed by atoms with Crippen molar-refractivity contribution < 1.29 is 29.9 Å². The molecule has 1 saturated heterocycles. The van der Waals surface area contributed by atoms with Crippen LogP contribution in [0.15, 0.2) is 36.7 Å². The van der Waals surface area contributed by atoms with Crippen molar-refractivity contribution >= 4 is 11.6 Å². The Hall–Kier alpha value is -1.68. The first-order valence-electron chi connectivity index (χ1n) is 10.2. The topological polar surface area (TPSA) is 117 Å². The molecule has 8 nitrogen and oxygen atoms in total. The number of aromatic nitrogens is 2. The van der Waals surface area contributed by atoms with E-state index in [4.69, 9.17) is 21.1 Å². The van der Waals surface area contributed by atoms with Crippen LogP contribution in [0.3, 0.4) is 0 Å². The number of ether oxygens (including phenoxy) is 2. The Morgan fingerprint density at radius 2 is 1.87 bits per heavy atom. The molecule has 1 saturated carbocycles. The Labute approximate surface area is 179 Å². The molecule has 2 aromatic rings. The van der Waals surface area contributed by atoms with E-state index >= 15 is 0 Å². The molecule has 4 rings (SSSR count). The summed E-state index contributed by atoms with van der Waals surface area (Å²) in [5, 5.41) is 44.6. The van der Waals surface area contributed by atoms with Gasteiger partial charge in [-0.1, -0.05) is 17.7 Å². The highest BCUT2D eigenvalue weighted by atomic mass is 35.5. The maximum Gasteiger partial charge on any atom is 0.138 e. The van der Waals surface area contributed by atoms with E-state index in [9.17, 15) is 20.4 Å². The highest BCUT2D eigenvalue weighted by Gasteiger charge is 2.44. The van der Waals surface area contributed by atoms with Crippen LogP contribution in [0.1, 0.15) is 43.4 Å². The van der Waals surface area contributed by atoms with Gasteiger partial charge in [0.05, 0.1) is 23.8 Å². The average molecular weight is 439 g/mol. The lowest BCUT2D eigenvalue weighted by molar-refractivity contribution is -0.231. The summed E-state index contributed by atoms with van der Waals surface area (Å²) in [6, 6.07) is 7.32. The van der Waals surface area contributed by atoms with E-state index in [1.165, 1.54) is 0 Å². The summed E-state index contributed by atoms with van der Waals surface area (Å²) in [5.41, 5.74) is 0.552. The molecule has 1 aliphatic carbocycles. The molecule has 1 aliphatic heterocycles. The summed E-state index contributed by atoms with van der Waals surface area (Å²) in [6.45, 7) is -0.474. The highest BCUT2D eigenvalue weighted by Crippen LogP contribution is 2.38. The zero-order chi connectivity index (χ0) is 21.3. The quantitative estimate of drug-likeness (QED) is 0.560. The van der Waals surface area contributed by atoms with Crippen molar-refractivity contribution in [2.45, 2.75) is 68.3 Å². The Morgan fingerprint density at radius 1 is 1.10 bits per heavy atom. The lowest BCUT2D eigenvalue weighted by atomic mass is 9.91. The van der Waals surface area contributed by atoms with Gasteiger partial charge in [-0.15, -0.1) is 0 Å². The fraction of sp³-hybridized carbons (Fsp3) is 0.571. The van der Waals surface area contributed by atoms with E-state index < -0.39 is 37.1 Å². The van der Waals surface area contributed by atoms with Crippen molar-refractivity contribution in [3.63, 3.8) is 0 Å². The van der Waals surface area contributed by atoms with Gasteiger partial charge in [0, 0.05) is 12.4 Å². The number of hydrogen-bond acceptors (Lipinski definition) is 7. The predicted molar refractivity (Wildman–Crippen MR) is 108 cm³/mol. The van der Waals surface area contributed by atoms with Crippen LogP contribution in [0.4, 0.5) is 0 Å². The van der Waals surface area contributed by atoms with Crippen LogP contribution in [0.5, 0.6) is 5.75 Å². The lowest BCUT2D eigenvalue weighted by Gasteiger charge is -2.40. The molecule has 164 valence electrons. The predicted octanol–water partition coefficient (Wildman–Crippen LogP) is 1.61. The Bertz CT molecular complexity index is 825. The second-order valence-corrected chi connectivity index (χ2v) is 8.38. The van der Waals surface area contributed by atoms with E-state index in [1.807, 2.05) is 16.9 Å². The molecule has 0 radical (unpaired) electrons. The number of halogens is 1. The number of rotatable bonds is 5. The third-order valence-corrected chi connectivity index (χ3v) is 6.32. The Kier molecular flexibility index (Phi) is 6.62. The van der Waals surface area contributed by atoms with Crippen molar-refractivity contribution in [2.24, 2.45) is 0 Å². The largest absolute Gasteiger partial charge is 0.489 e. The number of aliphatic hydroxyl groups is 4. The monoisotopic (exact) mass is 438 g/mol. The minimum atomic E-state index is -1.43. The van der Waals surface area contributed by atoms with Gasteiger partial charge in [0.2, 0.25) is 0 Å². The summed E-state index contributed by atoms with van der Waals surface area (Å²) < 4.78 is 13.8. The third kappa shape index (κ3) is 4.34. The average Bonchev–Trinajstić information content (AvgIpc) is 3.30. The smallest absolute Gasteiger partial charge is 0.138 e. The molecule has 0 spiro atoms. The molecule has 4 N–H and O–H groups in total. The Morgan fingerprint density at radius 3 is 2.53 bits per heavy atom. The standard InChI is InChI=1S/C21H27ClN2O6/c22-15-7-2-12(21-20(28)19(27)18(26)17(11-25)30-21)10-16(15)29-14-5-3-13(4-6-14)24-9-1-8-23-24/h1-2,7-10,13-14,17-21,25-28H,3-6,11H2/t13?,14?,17-,18-,19+,20-,21+/m1/s1. The van der Waals surface area contributed by atoms with E-state index in [-0.39, 0.29) is 6.10 Å². The molecule has 0 unspecified atom stereocenters. The van der Waals surface area contributed by atoms with Gasteiger partial charge >= 0.3 is 0 Å². The zero-order valence-corrected chi connectivity index (χ0v) is 17.2. The van der Waals surface area contributed by atoms with Crippen molar-refractivity contribution in [3.05, 3.63) is 47.2 Å². The minimum Gasteiger partial charge on any atom is -0.489 e. The Balaban J connectivity index is 1.45. The van der Waals surface area contributed by atoms with Crippen LogP contribution < -0.4 is 4.74 Å². The van der Waals surface area contributed by atoms with Crippen LogP contribution in [0.25, 0.3) is 0 Å². The fourth-order valence-corrected chi connectivity index (χ4v) is 4.43. The maximum absolute atomic E-state index is 10.4. The number of benzene rings is 1. The molecule has 2 heterocycles. The molecule has 2 aliphatic rings. The first-order valence-corrected chi connectivity index (χ1v) is 10.6. The van der Waals surface area contributed by atoms with Gasteiger partial charge in [0.1, 0.15) is 36.3 Å². The van der Waals surface area contributed by atoms with Gasteiger partial charge in [-0.3, -0.25) is 4.68 Å². The zero-order valence-electron chi connectivity index (χ0n) is 16.4. The molecular formula is C21H27ClN2O6. The van der Waals surface area contributed by atoms with Crippen LogP contribution in [-0.4, -0.2) is 67.3 Å². The maximum atomic E-state index is 10.4. The second kappa shape index (κ2) is 9.21. The molecular weight excluding hydrogens is 412 g/mol. The van der Waals surface area contributed by atoms with E-state index in [1.54, 1.807) is 24.4 Å². The number of hydrogen-bond donors (Lipinski definition) is 4. The minimum absolute atomic E-state index is 0.0133. The summed E-state index contributed by atoms with van der Waals surface area (Å²) in [5.74, 6) is 0.480. The summed E-state index contributed by atoms with van der Waals surface area (Å²) in [7, 11) is 0. The van der Waals surface area contributed by atoms with Gasteiger partial charge in [0.25, 0.3) is 0 Å². The summed E-state index contributed by atoms with van der Waals surface area (Å²) in [6.07, 6.45) is 1.36. The van der Waals surface area contributed by atoms with Crippen molar-refractivity contribution in [2.75, 3.05) is 6.61 Å². The third-order valence-electron chi connectivity index (χ3n) is 6.01. The molecule has 1 aromatic heterocycles. The van der Waals surface area contributed by atoms with Crippen LogP contribution in [-0.2, 0) is 4.74 Å². The highest BCUT2D eigenvalue weighted by molar-refractivity contribution is 6.32. The van der Waals surface area contributed by atoms with Crippen LogP contribution in [0, 0.1) is 0 Å². The fourth-order valence-electron chi connectivity index (χ4n) is 4.27. The number of aliphatic hydroxyl groups excluding tert-OH is 4. The first-order chi connectivity index (χ1) is 14.5. The van der Waals surface area contributed by atoms with Gasteiger partial charge in [-0.2, -0.15) is 5.10 Å². The molecule has 9 heteroatoms. The number of nitrogens with zero attached hydrogens (tertiary/aromatic N) is 2.